The number of carboxylic acids is 1. The van der Waals surface area contributed by atoms with Crippen LogP contribution >= 0.6 is 0 Å². The van der Waals surface area contributed by atoms with E-state index in [0.29, 0.717) is 5.92 Å². The molecule has 1 aliphatic rings. The molecule has 0 aromatic heterocycles. The van der Waals surface area contributed by atoms with Gasteiger partial charge in [0.25, 0.3) is 0 Å². The highest BCUT2D eigenvalue weighted by Crippen LogP contribution is 2.21. The van der Waals surface area contributed by atoms with Gasteiger partial charge < -0.3 is 14.9 Å². The highest BCUT2D eigenvalue weighted by Gasteiger charge is 2.27. The zero-order valence-corrected chi connectivity index (χ0v) is 11.6. The van der Waals surface area contributed by atoms with Crippen molar-refractivity contribution in [3.05, 3.63) is 0 Å². The van der Waals surface area contributed by atoms with E-state index in [1.807, 2.05) is 0 Å². The second-order valence-corrected chi connectivity index (χ2v) is 5.10. The lowest BCUT2D eigenvalue weighted by atomic mass is 9.98. The summed E-state index contributed by atoms with van der Waals surface area (Å²) in [7, 11) is 1.56. The first-order valence-electron chi connectivity index (χ1n) is 6.71. The molecule has 1 N–H and O–H groups in total. The van der Waals surface area contributed by atoms with Crippen molar-refractivity contribution in [2.75, 3.05) is 20.1 Å². The number of urea groups is 1. The second kappa shape index (κ2) is 6.61. The first-order chi connectivity index (χ1) is 8.47. The van der Waals surface area contributed by atoms with Crippen molar-refractivity contribution >= 4 is 12.0 Å². The summed E-state index contributed by atoms with van der Waals surface area (Å²) in [5, 5.41) is 8.92. The summed E-state index contributed by atoms with van der Waals surface area (Å²) in [4.78, 5) is 26.2. The van der Waals surface area contributed by atoms with Crippen molar-refractivity contribution in [1.29, 1.82) is 0 Å². The van der Waals surface area contributed by atoms with Crippen LogP contribution in [0.4, 0.5) is 4.79 Å². The van der Waals surface area contributed by atoms with E-state index in [-0.39, 0.29) is 6.03 Å². The Hall–Kier alpha value is -1.26. The molecule has 5 nitrogen and oxygen atoms in total. The normalized spacial score (nSPS) is 22.2. The Morgan fingerprint density at radius 3 is 2.61 bits per heavy atom. The van der Waals surface area contributed by atoms with Gasteiger partial charge in [0.1, 0.15) is 6.04 Å². The molecule has 0 bridgehead atoms. The second-order valence-electron chi connectivity index (χ2n) is 5.10. The number of carbonyl (C=O) groups excluding carboxylic acids is 1. The van der Waals surface area contributed by atoms with Crippen LogP contribution in [0, 0.1) is 5.92 Å². The minimum absolute atomic E-state index is 0.165. The molecule has 2 amide bonds. The molecule has 104 valence electrons. The molecule has 18 heavy (non-hydrogen) atoms. The van der Waals surface area contributed by atoms with Gasteiger partial charge in [0.15, 0.2) is 0 Å². The summed E-state index contributed by atoms with van der Waals surface area (Å²) >= 11 is 0. The Bertz CT molecular complexity index is 307. The maximum absolute atomic E-state index is 12.2. The van der Waals surface area contributed by atoms with E-state index in [2.05, 4.69) is 6.92 Å². The molecule has 1 rings (SSSR count). The molecule has 2 atom stereocenters. The molecule has 2 unspecified atom stereocenters. The van der Waals surface area contributed by atoms with E-state index in [0.717, 1.165) is 32.4 Å². The number of rotatable bonds is 3. The van der Waals surface area contributed by atoms with E-state index in [4.69, 9.17) is 5.11 Å². The highest BCUT2D eigenvalue weighted by molar-refractivity contribution is 5.82. The van der Waals surface area contributed by atoms with Crippen LogP contribution in [0.3, 0.4) is 0 Å². The number of nitrogens with zero attached hydrogens (tertiary/aromatic N) is 2. The largest absolute Gasteiger partial charge is 0.480 e. The molecule has 1 heterocycles. The van der Waals surface area contributed by atoms with Crippen LogP contribution in [0.15, 0.2) is 0 Å². The summed E-state index contributed by atoms with van der Waals surface area (Å²) in [5.74, 6) is -0.267. The monoisotopic (exact) mass is 256 g/mol. The Morgan fingerprint density at radius 2 is 2.06 bits per heavy atom. The molecule has 0 aliphatic carbocycles. The zero-order valence-electron chi connectivity index (χ0n) is 11.6. The Morgan fingerprint density at radius 1 is 1.39 bits per heavy atom. The number of likely N-dealkylation sites (tertiary alicyclic amines) is 1. The number of carboxylic acid groups (broad SMARTS) is 1. The third-order valence-corrected chi connectivity index (χ3v) is 3.94. The van der Waals surface area contributed by atoms with Crippen molar-refractivity contribution in [3.63, 3.8) is 0 Å². The van der Waals surface area contributed by atoms with Crippen molar-refractivity contribution in [2.24, 2.45) is 5.92 Å². The number of aliphatic carboxylic acids is 1. The van der Waals surface area contributed by atoms with Crippen LogP contribution in [0.25, 0.3) is 0 Å². The smallest absolute Gasteiger partial charge is 0.326 e. The lowest BCUT2D eigenvalue weighted by Crippen LogP contribution is -2.48. The fraction of sp³-hybridized carbons (Fsp3) is 0.846. The van der Waals surface area contributed by atoms with Gasteiger partial charge in [0.2, 0.25) is 0 Å². The predicted octanol–water partition coefficient (Wildman–Crippen LogP) is 2.02. The summed E-state index contributed by atoms with van der Waals surface area (Å²) in [6.45, 7) is 5.20. The highest BCUT2D eigenvalue weighted by atomic mass is 16.4. The van der Waals surface area contributed by atoms with E-state index < -0.39 is 12.0 Å². The van der Waals surface area contributed by atoms with Crippen molar-refractivity contribution < 1.29 is 14.7 Å². The minimum Gasteiger partial charge on any atom is -0.480 e. The predicted molar refractivity (Wildman–Crippen MR) is 69.5 cm³/mol. The fourth-order valence-electron chi connectivity index (χ4n) is 2.32. The summed E-state index contributed by atoms with van der Waals surface area (Å²) in [5.41, 5.74) is 0. The number of amides is 2. The van der Waals surface area contributed by atoms with E-state index in [1.165, 1.54) is 18.2 Å². The third-order valence-electron chi connectivity index (χ3n) is 3.94. The number of carbonyl (C=O) groups is 2. The molecule has 0 radical (unpaired) electrons. The number of hydrogen-bond donors (Lipinski definition) is 1. The number of likely N-dealkylation sites (N-methyl/N-ethyl adjacent to an activating group) is 1. The van der Waals surface area contributed by atoms with Gasteiger partial charge in [-0.25, -0.2) is 9.59 Å². The standard InChI is InChI=1S/C13H24N2O3/c1-4-11-6-5-8-15(9-7-11)13(18)14(3)10(2)12(16)17/h10-11H,4-9H2,1-3H3,(H,16,17). The lowest BCUT2D eigenvalue weighted by Gasteiger charge is -2.29. The topological polar surface area (TPSA) is 60.9 Å². The fourth-order valence-corrected chi connectivity index (χ4v) is 2.32. The first-order valence-corrected chi connectivity index (χ1v) is 6.71. The average molecular weight is 256 g/mol. The van der Waals surface area contributed by atoms with Crippen LogP contribution in [0.1, 0.15) is 39.5 Å². The minimum atomic E-state index is -0.966. The quantitative estimate of drug-likeness (QED) is 0.840. The van der Waals surface area contributed by atoms with Gasteiger partial charge >= 0.3 is 12.0 Å². The first kappa shape index (κ1) is 14.8. The van der Waals surface area contributed by atoms with Gasteiger partial charge in [0, 0.05) is 20.1 Å². The van der Waals surface area contributed by atoms with Gasteiger partial charge in [-0.1, -0.05) is 13.3 Å². The van der Waals surface area contributed by atoms with Gasteiger partial charge in [-0.05, 0) is 32.1 Å². The van der Waals surface area contributed by atoms with Gasteiger partial charge in [0.05, 0.1) is 0 Å². The van der Waals surface area contributed by atoms with Crippen LogP contribution < -0.4 is 0 Å². The summed E-state index contributed by atoms with van der Waals surface area (Å²) in [6, 6.07) is -0.940. The summed E-state index contributed by atoms with van der Waals surface area (Å²) < 4.78 is 0. The number of hydrogen-bond acceptors (Lipinski definition) is 2. The molecule has 1 saturated heterocycles. The van der Waals surface area contributed by atoms with E-state index >= 15 is 0 Å². The molecule has 1 fully saturated rings. The maximum Gasteiger partial charge on any atom is 0.326 e. The molecule has 5 heteroatoms. The molecule has 0 aromatic carbocycles. The van der Waals surface area contributed by atoms with Gasteiger partial charge in [-0.2, -0.15) is 0 Å². The summed E-state index contributed by atoms with van der Waals surface area (Å²) in [6.07, 6.45) is 4.36. The van der Waals surface area contributed by atoms with E-state index in [9.17, 15) is 9.59 Å². The Kier molecular flexibility index (Phi) is 5.44. The molecule has 0 spiro atoms. The van der Waals surface area contributed by atoms with Crippen LogP contribution in [0.5, 0.6) is 0 Å². The van der Waals surface area contributed by atoms with Crippen LogP contribution in [0.2, 0.25) is 0 Å². The van der Waals surface area contributed by atoms with Crippen molar-refractivity contribution in [1.82, 2.24) is 9.80 Å². The van der Waals surface area contributed by atoms with Crippen LogP contribution in [-0.2, 0) is 4.79 Å². The molecule has 0 aromatic rings. The van der Waals surface area contributed by atoms with Gasteiger partial charge in [-0.3, -0.25) is 0 Å². The molecular formula is C13H24N2O3. The Labute approximate surface area is 109 Å². The van der Waals surface area contributed by atoms with Crippen molar-refractivity contribution in [3.8, 4) is 0 Å². The average Bonchev–Trinajstić information content (AvgIpc) is 2.61. The third kappa shape index (κ3) is 3.62. The molecular weight excluding hydrogens is 232 g/mol. The SMILES string of the molecule is CCC1CCCN(C(=O)N(C)C(C)C(=O)O)CC1. The molecule has 0 saturated carbocycles. The lowest BCUT2D eigenvalue weighted by molar-refractivity contribution is -0.141. The Balaban J connectivity index is 2.58. The zero-order chi connectivity index (χ0) is 13.7. The maximum atomic E-state index is 12.2. The van der Waals surface area contributed by atoms with E-state index in [1.54, 1.807) is 11.9 Å². The van der Waals surface area contributed by atoms with Crippen LogP contribution in [-0.4, -0.2) is 53.1 Å². The van der Waals surface area contributed by atoms with Gasteiger partial charge in [-0.15, -0.1) is 0 Å². The molecule has 1 aliphatic heterocycles. The van der Waals surface area contributed by atoms with Crippen molar-refractivity contribution in [2.45, 2.75) is 45.6 Å².